The van der Waals surface area contributed by atoms with Crippen LogP contribution in [0.25, 0.3) is 0 Å². The normalized spacial score (nSPS) is 10.8. The summed E-state index contributed by atoms with van der Waals surface area (Å²) in [5, 5.41) is 0. The Kier molecular flexibility index (Phi) is 5.86. The van der Waals surface area contributed by atoms with Gasteiger partial charge in [0.1, 0.15) is 0 Å². The molecule has 1 aromatic rings. The van der Waals surface area contributed by atoms with Crippen LogP contribution in [0, 0.1) is 18.8 Å². The van der Waals surface area contributed by atoms with Crippen molar-refractivity contribution < 1.29 is 17.2 Å². The van der Waals surface area contributed by atoms with Crippen molar-refractivity contribution in [2.75, 3.05) is 13.1 Å². The lowest BCUT2D eigenvalue weighted by Gasteiger charge is -2.18. The van der Waals surface area contributed by atoms with Crippen LogP contribution in [-0.4, -0.2) is 25.8 Å². The molecule has 0 amide bonds. The Morgan fingerprint density at radius 1 is 1.30 bits per heavy atom. The maximum atomic E-state index is 12.3. The van der Waals surface area contributed by atoms with Crippen LogP contribution < -0.4 is 0 Å². The van der Waals surface area contributed by atoms with Crippen molar-refractivity contribution >= 4 is 10.0 Å². The first-order chi connectivity index (χ1) is 9.37. The van der Waals surface area contributed by atoms with E-state index in [2.05, 4.69) is 11.8 Å². The second kappa shape index (κ2) is 7.17. The summed E-state index contributed by atoms with van der Waals surface area (Å²) >= 11 is 0. The minimum Gasteiger partial charge on any atom is -0.207 e. The Balaban J connectivity index is 3.11. The van der Waals surface area contributed by atoms with Gasteiger partial charge in [-0.3, -0.25) is 0 Å². The Bertz CT molecular complexity index is 636. The van der Waals surface area contributed by atoms with E-state index in [1.54, 1.807) is 19.1 Å². The molecule has 20 heavy (non-hydrogen) atoms. The number of rotatable bonds is 5. The summed E-state index contributed by atoms with van der Waals surface area (Å²) in [7, 11) is -3.83. The van der Waals surface area contributed by atoms with E-state index in [4.69, 9.17) is 0 Å². The number of benzene rings is 1. The van der Waals surface area contributed by atoms with Gasteiger partial charge in [-0.1, -0.05) is 23.6 Å². The first kappa shape index (κ1) is 16.3. The highest BCUT2D eigenvalue weighted by molar-refractivity contribution is 7.89. The molecule has 0 saturated heterocycles. The fourth-order valence-electron chi connectivity index (χ4n) is 1.45. The van der Waals surface area contributed by atoms with E-state index in [1.165, 1.54) is 12.1 Å². The third-order valence-electron chi connectivity index (χ3n) is 2.54. The molecule has 1 rings (SSSR count). The maximum Gasteiger partial charge on any atom is 0.267 e. The smallest absolute Gasteiger partial charge is 0.207 e. The summed E-state index contributed by atoms with van der Waals surface area (Å²) < 4.78 is 49.9. The Morgan fingerprint density at radius 3 is 2.40 bits per heavy atom. The van der Waals surface area contributed by atoms with Crippen LogP contribution in [0.1, 0.15) is 12.5 Å². The van der Waals surface area contributed by atoms with E-state index in [-0.39, 0.29) is 11.4 Å². The zero-order valence-corrected chi connectivity index (χ0v) is 12.0. The molecule has 0 aliphatic heterocycles. The van der Waals surface area contributed by atoms with Gasteiger partial charge >= 0.3 is 0 Å². The minimum atomic E-state index is -3.83. The lowest BCUT2D eigenvalue weighted by atomic mass is 10.2. The number of halogens is 2. The molecular formula is C14H15F2NO2S. The monoisotopic (exact) mass is 299 g/mol. The molecule has 0 saturated carbocycles. The third-order valence-corrected chi connectivity index (χ3v) is 4.37. The van der Waals surface area contributed by atoms with E-state index < -0.39 is 22.6 Å². The molecule has 0 fully saturated rings. The van der Waals surface area contributed by atoms with Crippen molar-refractivity contribution in [2.45, 2.75) is 18.7 Å². The van der Waals surface area contributed by atoms with Crippen LogP contribution in [0.2, 0.25) is 0 Å². The quantitative estimate of drug-likeness (QED) is 0.784. The molecule has 0 aliphatic rings. The zero-order chi connectivity index (χ0) is 15.2. The highest BCUT2D eigenvalue weighted by atomic mass is 32.2. The molecule has 0 N–H and O–H groups in total. The Morgan fingerprint density at radius 2 is 1.90 bits per heavy atom. The van der Waals surface area contributed by atoms with E-state index in [0.29, 0.717) is 6.08 Å². The fourth-order valence-corrected chi connectivity index (χ4v) is 2.73. The summed E-state index contributed by atoms with van der Waals surface area (Å²) in [4.78, 5) is 0.0636. The Labute approximate surface area is 118 Å². The van der Waals surface area contributed by atoms with Crippen LogP contribution in [0.4, 0.5) is 8.78 Å². The van der Waals surface area contributed by atoms with Crippen molar-refractivity contribution in [2.24, 2.45) is 0 Å². The Hall–Kier alpha value is -1.71. The third kappa shape index (κ3) is 4.44. The predicted octanol–water partition coefficient (Wildman–Crippen LogP) is 2.79. The first-order valence-corrected chi connectivity index (χ1v) is 7.29. The van der Waals surface area contributed by atoms with Crippen LogP contribution in [0.3, 0.4) is 0 Å². The number of aryl methyl sites for hydroxylation is 1. The van der Waals surface area contributed by atoms with E-state index in [9.17, 15) is 17.2 Å². The van der Waals surface area contributed by atoms with Gasteiger partial charge in [0.15, 0.2) is 0 Å². The van der Waals surface area contributed by atoms with Gasteiger partial charge in [0, 0.05) is 6.54 Å². The first-order valence-electron chi connectivity index (χ1n) is 5.85. The largest absolute Gasteiger partial charge is 0.267 e. The second-order valence-electron chi connectivity index (χ2n) is 4.03. The molecule has 0 spiro atoms. The molecule has 0 atom stereocenters. The second-order valence-corrected chi connectivity index (χ2v) is 5.97. The lowest BCUT2D eigenvalue weighted by molar-refractivity contribution is 0.408. The van der Waals surface area contributed by atoms with Gasteiger partial charge < -0.3 is 0 Å². The average molecular weight is 299 g/mol. The molecule has 0 unspecified atom stereocenters. The van der Waals surface area contributed by atoms with Crippen LogP contribution >= 0.6 is 0 Å². The number of nitrogens with zero attached hydrogens (tertiary/aromatic N) is 1. The molecule has 3 nitrogen and oxygen atoms in total. The number of hydrogen-bond donors (Lipinski definition) is 0. The van der Waals surface area contributed by atoms with Gasteiger partial charge in [0.25, 0.3) is 6.08 Å². The maximum absolute atomic E-state index is 12.3. The average Bonchev–Trinajstić information content (AvgIpc) is 2.38. The SMILES string of the molecule is CC#CCN(CC=C(F)F)S(=O)(=O)c1ccc(C)cc1. The molecule has 0 heterocycles. The van der Waals surface area contributed by atoms with Crippen LogP contribution in [-0.2, 0) is 10.0 Å². The van der Waals surface area contributed by atoms with Gasteiger partial charge in [0.05, 0.1) is 11.4 Å². The van der Waals surface area contributed by atoms with Crippen molar-refractivity contribution in [1.29, 1.82) is 0 Å². The molecular weight excluding hydrogens is 284 g/mol. The van der Waals surface area contributed by atoms with Gasteiger partial charge in [0.2, 0.25) is 10.0 Å². The summed E-state index contributed by atoms with van der Waals surface area (Å²) in [6.45, 7) is 2.85. The van der Waals surface area contributed by atoms with Gasteiger partial charge in [-0.15, -0.1) is 5.92 Å². The van der Waals surface area contributed by atoms with E-state index in [0.717, 1.165) is 9.87 Å². The zero-order valence-electron chi connectivity index (χ0n) is 11.2. The summed E-state index contributed by atoms with van der Waals surface area (Å²) in [6, 6.07) is 6.21. The van der Waals surface area contributed by atoms with Crippen molar-refractivity contribution in [3.05, 3.63) is 42.0 Å². The predicted molar refractivity (Wildman–Crippen MR) is 73.7 cm³/mol. The summed E-state index contributed by atoms with van der Waals surface area (Å²) in [6.07, 6.45) is -1.36. The summed E-state index contributed by atoms with van der Waals surface area (Å²) in [5.74, 6) is 5.14. The van der Waals surface area contributed by atoms with Crippen LogP contribution in [0.15, 0.2) is 41.3 Å². The lowest BCUT2D eigenvalue weighted by Crippen LogP contribution is -2.31. The molecule has 108 valence electrons. The molecule has 6 heteroatoms. The van der Waals surface area contributed by atoms with Crippen LogP contribution in [0.5, 0.6) is 0 Å². The standard InChI is InChI=1S/C14H15F2NO2S/c1-3-4-10-17(11-9-14(15)16)20(18,19)13-7-5-12(2)6-8-13/h5-9H,10-11H2,1-2H3. The molecule has 0 radical (unpaired) electrons. The fraction of sp³-hybridized carbons (Fsp3) is 0.286. The highest BCUT2D eigenvalue weighted by Gasteiger charge is 2.22. The van der Waals surface area contributed by atoms with Gasteiger partial charge in [-0.2, -0.15) is 13.1 Å². The molecule has 0 aromatic heterocycles. The molecule has 0 aliphatic carbocycles. The molecule has 1 aromatic carbocycles. The topological polar surface area (TPSA) is 37.4 Å². The molecule has 0 bridgehead atoms. The minimum absolute atomic E-state index is 0.0636. The van der Waals surface area contributed by atoms with E-state index in [1.807, 2.05) is 6.92 Å². The number of sulfonamides is 1. The van der Waals surface area contributed by atoms with Gasteiger partial charge in [-0.05, 0) is 32.1 Å². The van der Waals surface area contributed by atoms with E-state index >= 15 is 0 Å². The summed E-state index contributed by atoms with van der Waals surface area (Å²) in [5.41, 5.74) is 0.915. The number of hydrogen-bond acceptors (Lipinski definition) is 2. The highest BCUT2D eigenvalue weighted by Crippen LogP contribution is 2.16. The van der Waals surface area contributed by atoms with Crippen molar-refractivity contribution in [1.82, 2.24) is 4.31 Å². The van der Waals surface area contributed by atoms with Gasteiger partial charge in [-0.25, -0.2) is 8.42 Å². The van der Waals surface area contributed by atoms with Crippen molar-refractivity contribution in [3.63, 3.8) is 0 Å². The van der Waals surface area contributed by atoms with Crippen molar-refractivity contribution in [3.8, 4) is 11.8 Å².